The third kappa shape index (κ3) is 5.74. The van der Waals surface area contributed by atoms with Crippen molar-refractivity contribution in [2.75, 3.05) is 32.1 Å². The van der Waals surface area contributed by atoms with Gasteiger partial charge < -0.3 is 25.2 Å². The Morgan fingerprint density at radius 2 is 2.24 bits per heavy atom. The highest BCUT2D eigenvalue weighted by molar-refractivity contribution is 5.83. The van der Waals surface area contributed by atoms with Gasteiger partial charge in [-0.2, -0.15) is 5.26 Å². The fourth-order valence-electron chi connectivity index (χ4n) is 3.66. The first kappa shape index (κ1) is 24.4. The molecule has 2 aromatic rings. The van der Waals surface area contributed by atoms with Crippen molar-refractivity contribution in [3.05, 3.63) is 51.3 Å². The first-order valence-electron chi connectivity index (χ1n) is 10.9. The minimum atomic E-state index is -0.575. The number of methoxy groups -OCH3 is 1. The molecule has 3 N–H and O–H groups in total. The Balaban J connectivity index is 1.68. The number of hydrogen-bond donors (Lipinski definition) is 3. The van der Waals surface area contributed by atoms with Gasteiger partial charge in [-0.3, -0.25) is 9.69 Å². The van der Waals surface area contributed by atoms with Crippen LogP contribution in [0.5, 0.6) is 5.75 Å². The number of ether oxygens (including phenoxy) is 2. The zero-order valence-corrected chi connectivity index (χ0v) is 19.0. The molecular formula is C23H29FN6O3. The zero-order chi connectivity index (χ0) is 24.0. The molecule has 2 atom stereocenters. The highest BCUT2D eigenvalue weighted by Crippen LogP contribution is 2.27. The second-order valence-corrected chi connectivity index (χ2v) is 8.01. The topological polar surface area (TPSA) is 127 Å². The molecule has 1 aliphatic rings. The molecule has 9 nitrogen and oxygen atoms in total. The number of hydrogen-bond acceptors (Lipinski definition) is 8. The normalized spacial score (nSPS) is 15.8. The molecule has 1 aromatic heterocycles. The van der Waals surface area contributed by atoms with Gasteiger partial charge in [0.05, 0.1) is 17.2 Å². The van der Waals surface area contributed by atoms with Crippen molar-refractivity contribution in [3.63, 3.8) is 0 Å². The van der Waals surface area contributed by atoms with E-state index < -0.39 is 5.82 Å². The highest BCUT2D eigenvalue weighted by atomic mass is 19.1. The number of aromatic amines is 1. The smallest absolute Gasteiger partial charge is 0.261 e. The lowest BCUT2D eigenvalue weighted by atomic mass is 10.1. The molecule has 10 heteroatoms. The summed E-state index contributed by atoms with van der Waals surface area (Å²) in [6, 6.07) is 5.81. The summed E-state index contributed by atoms with van der Waals surface area (Å²) in [5.74, 6) is 0.762. The minimum Gasteiger partial charge on any atom is -0.488 e. The second-order valence-electron chi connectivity index (χ2n) is 8.01. The maximum atomic E-state index is 13.5. The summed E-state index contributed by atoms with van der Waals surface area (Å²) < 4.78 is 24.5. The number of rotatable bonds is 11. The molecule has 1 aliphatic heterocycles. The molecule has 0 spiro atoms. The predicted octanol–water partition coefficient (Wildman–Crippen LogP) is 2.83. The second kappa shape index (κ2) is 11.0. The number of H-pyrrole nitrogens is 1. The van der Waals surface area contributed by atoms with E-state index in [9.17, 15) is 9.18 Å². The van der Waals surface area contributed by atoms with Crippen molar-refractivity contribution in [2.45, 2.75) is 44.9 Å². The van der Waals surface area contributed by atoms with E-state index in [1.807, 2.05) is 13.8 Å². The molecule has 0 radical (unpaired) electrons. The first-order chi connectivity index (χ1) is 15.9. The van der Waals surface area contributed by atoms with Gasteiger partial charge >= 0.3 is 0 Å². The summed E-state index contributed by atoms with van der Waals surface area (Å²) in [5.41, 5.74) is -0.230. The number of nitrogens with zero attached hydrogens (tertiary/aromatic N) is 3. The van der Waals surface area contributed by atoms with Crippen LogP contribution in [-0.2, 0) is 4.74 Å². The van der Waals surface area contributed by atoms with Gasteiger partial charge in [0.2, 0.25) is 0 Å². The van der Waals surface area contributed by atoms with Crippen LogP contribution in [0.25, 0.3) is 0 Å². The van der Waals surface area contributed by atoms with E-state index >= 15 is 0 Å². The summed E-state index contributed by atoms with van der Waals surface area (Å²) in [7, 11) is 1.64. The molecule has 2 unspecified atom stereocenters. The average Bonchev–Trinajstić information content (AvgIpc) is 2.78. The molecule has 0 bridgehead atoms. The average molecular weight is 457 g/mol. The number of benzene rings is 1. The Morgan fingerprint density at radius 3 is 2.88 bits per heavy atom. The number of likely N-dealkylation sites (tertiary alicyclic amines) is 1. The molecular weight excluding hydrogens is 427 g/mol. The number of anilines is 1. The van der Waals surface area contributed by atoms with Crippen LogP contribution in [-0.4, -0.2) is 60.0 Å². The summed E-state index contributed by atoms with van der Waals surface area (Å²) in [4.78, 5) is 22.1. The number of aromatic nitrogens is 2. The van der Waals surface area contributed by atoms with Gasteiger partial charge in [0.1, 0.15) is 35.4 Å². The maximum absolute atomic E-state index is 13.5. The summed E-state index contributed by atoms with van der Waals surface area (Å²) in [5, 5.41) is 19.9. The van der Waals surface area contributed by atoms with E-state index in [0.717, 1.165) is 19.1 Å². The van der Waals surface area contributed by atoms with Gasteiger partial charge in [-0.25, -0.2) is 9.37 Å². The van der Waals surface area contributed by atoms with E-state index in [4.69, 9.17) is 20.1 Å². The van der Waals surface area contributed by atoms with Gasteiger partial charge in [0.15, 0.2) is 0 Å². The molecule has 0 saturated carbocycles. The molecule has 0 amide bonds. The van der Waals surface area contributed by atoms with Crippen molar-refractivity contribution in [1.29, 1.82) is 10.7 Å². The molecule has 2 heterocycles. The zero-order valence-electron chi connectivity index (χ0n) is 19.0. The summed E-state index contributed by atoms with van der Waals surface area (Å²) >= 11 is 0. The number of halogens is 1. The van der Waals surface area contributed by atoms with Crippen molar-refractivity contribution in [3.8, 4) is 11.8 Å². The molecule has 1 aromatic carbocycles. The lowest BCUT2D eigenvalue weighted by Gasteiger charge is -2.42. The van der Waals surface area contributed by atoms with Crippen LogP contribution in [0.4, 0.5) is 10.2 Å². The van der Waals surface area contributed by atoms with Gasteiger partial charge in [-0.1, -0.05) is 6.92 Å². The number of nitrogens with one attached hydrogen (secondary N) is 3. The molecule has 1 fully saturated rings. The van der Waals surface area contributed by atoms with E-state index in [1.165, 1.54) is 18.2 Å². The predicted molar refractivity (Wildman–Crippen MR) is 122 cm³/mol. The Morgan fingerprint density at radius 1 is 1.48 bits per heavy atom. The van der Waals surface area contributed by atoms with Crippen LogP contribution in [0.1, 0.15) is 49.7 Å². The third-order valence-electron chi connectivity index (χ3n) is 5.80. The van der Waals surface area contributed by atoms with Crippen LogP contribution in [0, 0.1) is 22.6 Å². The summed E-state index contributed by atoms with van der Waals surface area (Å²) in [6.45, 7) is 5.73. The Hall–Kier alpha value is -3.29. The van der Waals surface area contributed by atoms with Crippen molar-refractivity contribution in [1.82, 2.24) is 14.9 Å². The van der Waals surface area contributed by atoms with Crippen LogP contribution in [0.15, 0.2) is 23.0 Å². The summed E-state index contributed by atoms with van der Waals surface area (Å²) in [6.07, 6.45) is 2.47. The van der Waals surface area contributed by atoms with E-state index in [2.05, 4.69) is 20.2 Å². The lowest BCUT2D eigenvalue weighted by molar-refractivity contribution is -0.00743. The van der Waals surface area contributed by atoms with Gasteiger partial charge in [-0.05, 0) is 31.9 Å². The minimum absolute atomic E-state index is 0.0546. The molecule has 176 valence electrons. The highest BCUT2D eigenvalue weighted by Gasteiger charge is 2.34. The van der Waals surface area contributed by atoms with Crippen molar-refractivity contribution < 1.29 is 13.9 Å². The van der Waals surface area contributed by atoms with Crippen molar-refractivity contribution in [2.24, 2.45) is 0 Å². The van der Waals surface area contributed by atoms with Gasteiger partial charge in [-0.15, -0.1) is 0 Å². The Kier molecular flexibility index (Phi) is 8.14. The SMILES string of the molecule is CCC(CCOC)Nc1nc(C(C)N2CC(Oc3ccc(F)c(C#N)c3)C2)[nH]c(=O)c1C=N. The van der Waals surface area contributed by atoms with E-state index in [1.54, 1.807) is 13.2 Å². The van der Waals surface area contributed by atoms with E-state index in [0.29, 0.717) is 37.1 Å². The fourth-order valence-corrected chi connectivity index (χ4v) is 3.66. The van der Waals surface area contributed by atoms with Crippen molar-refractivity contribution >= 4 is 12.0 Å². The molecule has 3 rings (SSSR count). The van der Waals surface area contributed by atoms with Gasteiger partial charge in [0, 0.05) is 45.1 Å². The molecule has 0 aliphatic carbocycles. The van der Waals surface area contributed by atoms with Crippen LogP contribution in [0.3, 0.4) is 0 Å². The molecule has 33 heavy (non-hydrogen) atoms. The standard InChI is InChI=1S/C23H29FN6O3/c1-4-16(7-8-32-3)27-22-19(11-26)23(31)29-21(28-22)14(2)30-12-18(13-30)33-17-5-6-20(24)15(9-17)10-25/h5-6,9,11,14,16,18,26H,4,7-8,12-13H2,1-3H3,(H2,27,28,29,31). The Labute approximate surface area is 192 Å². The van der Waals surface area contributed by atoms with Crippen LogP contribution >= 0.6 is 0 Å². The van der Waals surface area contributed by atoms with Crippen LogP contribution in [0.2, 0.25) is 0 Å². The quantitative estimate of drug-likeness (QED) is 0.444. The number of nitriles is 1. The maximum Gasteiger partial charge on any atom is 0.261 e. The third-order valence-corrected chi connectivity index (χ3v) is 5.80. The fraction of sp³-hybridized carbons (Fsp3) is 0.478. The lowest BCUT2D eigenvalue weighted by Crippen LogP contribution is -2.54. The monoisotopic (exact) mass is 456 g/mol. The Bertz CT molecular complexity index is 1080. The van der Waals surface area contributed by atoms with E-state index in [-0.39, 0.29) is 34.9 Å². The first-order valence-corrected chi connectivity index (χ1v) is 10.9. The molecule has 1 saturated heterocycles. The van der Waals surface area contributed by atoms with Crippen LogP contribution < -0.4 is 15.6 Å². The largest absolute Gasteiger partial charge is 0.488 e. The van der Waals surface area contributed by atoms with Gasteiger partial charge in [0.25, 0.3) is 5.56 Å².